The van der Waals surface area contributed by atoms with Gasteiger partial charge in [0.25, 0.3) is 0 Å². The van der Waals surface area contributed by atoms with Crippen LogP contribution < -0.4 is 0 Å². The lowest BCUT2D eigenvalue weighted by molar-refractivity contribution is 0.312. The second kappa shape index (κ2) is 3.38. The van der Waals surface area contributed by atoms with E-state index in [1.807, 2.05) is 6.08 Å². The van der Waals surface area contributed by atoms with E-state index in [2.05, 4.69) is 17.9 Å². The van der Waals surface area contributed by atoms with E-state index in [1.165, 1.54) is 0 Å². The summed E-state index contributed by atoms with van der Waals surface area (Å²) in [6, 6.07) is 2.18. The van der Waals surface area contributed by atoms with E-state index in [9.17, 15) is 0 Å². The molecule has 54 valence electrons. The van der Waals surface area contributed by atoms with E-state index in [0.29, 0.717) is 0 Å². The fourth-order valence-corrected chi connectivity index (χ4v) is 1.10. The van der Waals surface area contributed by atoms with Crippen LogP contribution in [0.2, 0.25) is 0 Å². The zero-order valence-corrected chi connectivity index (χ0v) is 6.30. The van der Waals surface area contributed by atoms with Gasteiger partial charge in [-0.05, 0) is 13.0 Å². The van der Waals surface area contributed by atoms with Crippen LogP contribution in [0.1, 0.15) is 13.3 Å². The van der Waals surface area contributed by atoms with Crippen LogP contribution in [0.5, 0.6) is 0 Å². The normalized spacial score (nSPS) is 19.8. The van der Waals surface area contributed by atoms with Gasteiger partial charge in [0.05, 0.1) is 6.07 Å². The molecule has 0 saturated heterocycles. The highest BCUT2D eigenvalue weighted by atomic mass is 15.1. The molecular weight excluding hydrogens is 124 g/mol. The van der Waals surface area contributed by atoms with E-state index in [-0.39, 0.29) is 0 Å². The summed E-state index contributed by atoms with van der Waals surface area (Å²) in [7, 11) is 0. The predicted octanol–water partition coefficient (Wildman–Crippen LogP) is 1.16. The SMILES string of the molecule is CCN1CC=C(C#N)CC1. The van der Waals surface area contributed by atoms with E-state index in [1.54, 1.807) is 0 Å². The van der Waals surface area contributed by atoms with Gasteiger partial charge in [-0.2, -0.15) is 5.26 Å². The van der Waals surface area contributed by atoms with Crippen molar-refractivity contribution in [2.75, 3.05) is 19.6 Å². The van der Waals surface area contributed by atoms with Crippen molar-refractivity contribution < 1.29 is 0 Å². The van der Waals surface area contributed by atoms with Crippen molar-refractivity contribution >= 4 is 0 Å². The topological polar surface area (TPSA) is 27.0 Å². The quantitative estimate of drug-likeness (QED) is 0.541. The number of hydrogen-bond acceptors (Lipinski definition) is 2. The van der Waals surface area contributed by atoms with Crippen molar-refractivity contribution in [1.82, 2.24) is 4.90 Å². The van der Waals surface area contributed by atoms with Crippen LogP contribution in [0.4, 0.5) is 0 Å². The Labute approximate surface area is 61.8 Å². The number of likely N-dealkylation sites (N-methyl/N-ethyl adjacent to an activating group) is 1. The average molecular weight is 136 g/mol. The molecule has 0 aromatic heterocycles. The minimum atomic E-state index is 0.935. The van der Waals surface area contributed by atoms with Crippen molar-refractivity contribution in [2.24, 2.45) is 0 Å². The summed E-state index contributed by atoms with van der Waals surface area (Å²) in [6.45, 7) is 5.25. The minimum absolute atomic E-state index is 0.935. The fraction of sp³-hybridized carbons (Fsp3) is 0.625. The molecule has 1 heterocycles. The van der Waals surface area contributed by atoms with Gasteiger partial charge in [0.1, 0.15) is 0 Å². The van der Waals surface area contributed by atoms with Crippen molar-refractivity contribution in [3.05, 3.63) is 11.6 Å². The molecule has 1 rings (SSSR count). The number of rotatable bonds is 1. The molecule has 1 aliphatic rings. The average Bonchev–Trinajstić information content (AvgIpc) is 2.05. The van der Waals surface area contributed by atoms with Crippen LogP contribution in [-0.2, 0) is 0 Å². The van der Waals surface area contributed by atoms with Crippen molar-refractivity contribution in [1.29, 1.82) is 5.26 Å². The zero-order chi connectivity index (χ0) is 7.40. The van der Waals surface area contributed by atoms with Crippen LogP contribution in [0.25, 0.3) is 0 Å². The summed E-state index contributed by atoms with van der Waals surface area (Å²) >= 11 is 0. The second-order valence-electron chi connectivity index (χ2n) is 2.48. The first-order valence-corrected chi connectivity index (χ1v) is 3.68. The van der Waals surface area contributed by atoms with Crippen LogP contribution >= 0.6 is 0 Å². The molecule has 2 nitrogen and oxygen atoms in total. The molecule has 0 amide bonds. The standard InChI is InChI=1S/C8H12N2/c1-2-10-5-3-8(7-9)4-6-10/h3H,2,4-6H2,1H3. The molecule has 0 radical (unpaired) electrons. The zero-order valence-electron chi connectivity index (χ0n) is 6.30. The van der Waals surface area contributed by atoms with Gasteiger partial charge in [-0.15, -0.1) is 0 Å². The smallest absolute Gasteiger partial charge is 0.0944 e. The fourth-order valence-electron chi connectivity index (χ4n) is 1.10. The lowest BCUT2D eigenvalue weighted by atomic mass is 10.1. The summed E-state index contributed by atoms with van der Waals surface area (Å²) in [4.78, 5) is 2.32. The summed E-state index contributed by atoms with van der Waals surface area (Å²) in [5.41, 5.74) is 0.949. The molecule has 0 atom stereocenters. The molecule has 0 fully saturated rings. The molecular formula is C8H12N2. The van der Waals surface area contributed by atoms with E-state index < -0.39 is 0 Å². The second-order valence-corrected chi connectivity index (χ2v) is 2.48. The van der Waals surface area contributed by atoms with Crippen molar-refractivity contribution in [3.8, 4) is 6.07 Å². The maximum absolute atomic E-state index is 8.51. The lowest BCUT2D eigenvalue weighted by Gasteiger charge is -2.21. The van der Waals surface area contributed by atoms with E-state index >= 15 is 0 Å². The third-order valence-corrected chi connectivity index (χ3v) is 1.88. The Kier molecular flexibility index (Phi) is 2.47. The van der Waals surface area contributed by atoms with Crippen LogP contribution in [0.3, 0.4) is 0 Å². The van der Waals surface area contributed by atoms with Gasteiger partial charge in [0, 0.05) is 18.7 Å². The molecule has 0 bridgehead atoms. The number of nitrogens with zero attached hydrogens (tertiary/aromatic N) is 2. The van der Waals surface area contributed by atoms with Crippen molar-refractivity contribution in [3.63, 3.8) is 0 Å². The summed E-state index contributed by atoms with van der Waals surface area (Å²) in [5, 5.41) is 8.51. The van der Waals surface area contributed by atoms with Gasteiger partial charge < -0.3 is 0 Å². The first kappa shape index (κ1) is 7.30. The molecule has 0 saturated carbocycles. The van der Waals surface area contributed by atoms with Gasteiger partial charge >= 0.3 is 0 Å². The highest BCUT2D eigenvalue weighted by molar-refractivity contribution is 5.22. The number of nitriles is 1. The Morgan fingerprint density at radius 2 is 2.60 bits per heavy atom. The molecule has 10 heavy (non-hydrogen) atoms. The molecule has 0 unspecified atom stereocenters. The highest BCUT2D eigenvalue weighted by Crippen LogP contribution is 2.08. The molecule has 0 aromatic carbocycles. The van der Waals surface area contributed by atoms with E-state index in [0.717, 1.165) is 31.6 Å². The Bertz CT molecular complexity index is 176. The monoisotopic (exact) mass is 136 g/mol. The van der Waals surface area contributed by atoms with Gasteiger partial charge in [0.2, 0.25) is 0 Å². The summed E-state index contributed by atoms with van der Waals surface area (Å²) in [5.74, 6) is 0. The Morgan fingerprint density at radius 1 is 1.80 bits per heavy atom. The van der Waals surface area contributed by atoms with E-state index in [4.69, 9.17) is 5.26 Å². The predicted molar refractivity (Wildman–Crippen MR) is 40.4 cm³/mol. The highest BCUT2D eigenvalue weighted by Gasteiger charge is 2.07. The number of hydrogen-bond donors (Lipinski definition) is 0. The lowest BCUT2D eigenvalue weighted by Crippen LogP contribution is -2.28. The van der Waals surface area contributed by atoms with Gasteiger partial charge in [-0.3, -0.25) is 4.90 Å². The van der Waals surface area contributed by atoms with Gasteiger partial charge in [0.15, 0.2) is 0 Å². The maximum atomic E-state index is 8.51. The van der Waals surface area contributed by atoms with Crippen molar-refractivity contribution in [2.45, 2.75) is 13.3 Å². The molecule has 0 spiro atoms. The molecule has 0 aromatic rings. The van der Waals surface area contributed by atoms with Gasteiger partial charge in [-0.25, -0.2) is 0 Å². The molecule has 2 heteroatoms. The third kappa shape index (κ3) is 1.58. The Hall–Kier alpha value is -0.810. The molecule has 0 aliphatic carbocycles. The van der Waals surface area contributed by atoms with Crippen LogP contribution in [0, 0.1) is 11.3 Å². The van der Waals surface area contributed by atoms with Crippen LogP contribution in [0.15, 0.2) is 11.6 Å². The largest absolute Gasteiger partial charge is 0.300 e. The third-order valence-electron chi connectivity index (χ3n) is 1.88. The first-order chi connectivity index (χ1) is 4.86. The van der Waals surface area contributed by atoms with Gasteiger partial charge in [-0.1, -0.05) is 13.0 Å². The Balaban J connectivity index is 2.46. The Morgan fingerprint density at radius 3 is 3.00 bits per heavy atom. The van der Waals surface area contributed by atoms with Crippen LogP contribution in [-0.4, -0.2) is 24.5 Å². The molecule has 0 N–H and O–H groups in total. The maximum Gasteiger partial charge on any atom is 0.0944 e. The summed E-state index contributed by atoms with van der Waals surface area (Å²) in [6.07, 6.45) is 2.96. The minimum Gasteiger partial charge on any atom is -0.300 e. The first-order valence-electron chi connectivity index (χ1n) is 3.68. The summed E-state index contributed by atoms with van der Waals surface area (Å²) < 4.78 is 0. The molecule has 1 aliphatic heterocycles.